The van der Waals surface area contributed by atoms with Crippen LogP contribution < -0.4 is 0 Å². The van der Waals surface area contributed by atoms with E-state index in [1.807, 2.05) is 52.5 Å². The molecule has 4 aliphatic heterocycles. The van der Waals surface area contributed by atoms with Crippen LogP contribution in [-0.4, -0.2) is 179 Å². The Labute approximate surface area is 666 Å². The maximum absolute atomic E-state index is 13.6. The van der Waals surface area contributed by atoms with Gasteiger partial charge in [0.05, 0.1) is 59.7 Å². The number of benzene rings is 3. The summed E-state index contributed by atoms with van der Waals surface area (Å²) in [4.78, 5) is 49.9. The molecule has 0 N–H and O–H groups in total. The average molecular weight is 2160 g/mol. The first kappa shape index (κ1) is 86.2. The van der Waals surface area contributed by atoms with Gasteiger partial charge in [-0.15, -0.1) is 109 Å². The zero-order valence-electron chi connectivity index (χ0n) is 56.0. The Morgan fingerprint density at radius 2 is 0.741 bits per heavy atom. The van der Waals surface area contributed by atoms with Crippen molar-refractivity contribution in [3.63, 3.8) is 0 Å². The SMILES string of the molecule is C[N+]1=C=[N+](c2[c-]ccnc2)N=C1.C[N+]1=C=[N+](c2[c-]ccnc2)N=C1.C[N+]1=C=[N+](c2[c-]ccnc2)N=C1.C[N+]1=C=[N+](c2[c-]ccnc2)N=C1.Fc1c[c-]c(-c2ncccn2)c(F)c1.Fc1c[c-]c(-c2ncccn2)c(F)n1.N#Cc1c(F)c[c-]c(-c2ncccn2)c1F.[Ir].[Ir].[Ir].[Ir].[c-]1ccccc1-c1ncccn1. The van der Waals surface area contributed by atoms with Crippen molar-refractivity contribution in [3.05, 3.63) is 285 Å². The van der Waals surface area contributed by atoms with Crippen LogP contribution in [0.3, 0.4) is 0 Å². The van der Waals surface area contributed by atoms with Crippen LogP contribution in [0.4, 0.5) is 49.1 Å². The third-order valence-electron chi connectivity index (χ3n) is 12.3. The third-order valence-corrected chi connectivity index (χ3v) is 12.3. The van der Waals surface area contributed by atoms with Crippen LogP contribution in [0, 0.1) is 95.0 Å². The second kappa shape index (κ2) is 45.7. The molecule has 13 heterocycles. The summed E-state index contributed by atoms with van der Waals surface area (Å²) in [5, 5.41) is 24.7. The number of rotatable bonds is 8. The first-order valence-corrected chi connectivity index (χ1v) is 29.8. The van der Waals surface area contributed by atoms with Crippen molar-refractivity contribution in [2.45, 2.75) is 0 Å². The second-order valence-corrected chi connectivity index (χ2v) is 19.8. The van der Waals surface area contributed by atoms with Gasteiger partial charge in [0.1, 0.15) is 62.8 Å². The Kier molecular flexibility index (Phi) is 36.5. The molecule has 9 aromatic heterocycles. The van der Waals surface area contributed by atoms with Gasteiger partial charge in [0, 0.05) is 147 Å². The molecule has 0 saturated carbocycles. The van der Waals surface area contributed by atoms with Crippen molar-refractivity contribution in [1.29, 1.82) is 5.26 Å². The fourth-order valence-electron chi connectivity index (χ4n) is 7.68. The zero-order chi connectivity index (χ0) is 73.3. The Bertz CT molecular complexity index is 4930. The predicted molar refractivity (Wildman–Crippen MR) is 358 cm³/mol. The second-order valence-electron chi connectivity index (χ2n) is 19.8. The molecule has 0 aliphatic carbocycles. The van der Waals surface area contributed by atoms with E-state index >= 15 is 0 Å². The van der Waals surface area contributed by atoms with E-state index in [1.54, 1.807) is 173 Å². The van der Waals surface area contributed by atoms with Gasteiger partial charge < -0.3 is 19.9 Å². The molecule has 108 heavy (non-hydrogen) atoms. The van der Waals surface area contributed by atoms with Crippen LogP contribution in [0.2, 0.25) is 0 Å². The first-order valence-electron chi connectivity index (χ1n) is 29.8. The van der Waals surface area contributed by atoms with Crippen LogP contribution in [0.25, 0.3) is 45.6 Å². The molecule has 0 unspecified atom stereocenters. The normalized spacial score (nSPS) is 11.6. The summed E-state index contributed by atoms with van der Waals surface area (Å²) >= 11 is 0. The van der Waals surface area contributed by atoms with Crippen molar-refractivity contribution < 1.29 is 144 Å². The number of nitrogens with zero attached hydrogens (tertiary/aromatic N) is 26. The number of nitriles is 1. The molecule has 0 bridgehead atoms. The van der Waals surface area contributed by atoms with Crippen molar-refractivity contribution in [3.8, 4) is 51.6 Å². The molecule has 3 aromatic carbocycles. The van der Waals surface area contributed by atoms with Gasteiger partial charge in [0.25, 0.3) is 0 Å². The molecule has 4 aliphatic rings. The number of aromatic nitrogens is 13. The van der Waals surface area contributed by atoms with Gasteiger partial charge in [-0.05, 0) is 49.1 Å². The molecule has 0 fully saturated rings. The molecule has 0 spiro atoms. The molecule has 0 amide bonds. The van der Waals surface area contributed by atoms with Gasteiger partial charge in [-0.25, -0.2) is 8.78 Å². The van der Waals surface area contributed by atoms with Crippen LogP contribution in [0.15, 0.2) is 217 Å². The number of hydrogen-bond donors (Lipinski definition) is 0. The van der Waals surface area contributed by atoms with E-state index in [4.69, 9.17) is 5.26 Å². The minimum absolute atomic E-state index is 0. The largest absolute Gasteiger partial charge is 0.420 e. The average Bonchev–Trinajstić information content (AvgIpc) is 1.05. The van der Waals surface area contributed by atoms with Gasteiger partial charge in [-0.3, -0.25) is 62.4 Å². The summed E-state index contributed by atoms with van der Waals surface area (Å²) in [5.41, 5.74) is 3.37. The molecule has 4 radical (unpaired) electrons. The molecular formula is C72H48F6Ir4N26. The summed E-state index contributed by atoms with van der Waals surface area (Å²) in [6.45, 7) is 0. The minimum atomic E-state index is -0.992. The van der Waals surface area contributed by atoms with Gasteiger partial charge in [0.2, 0.25) is 20.4 Å². The zero-order valence-corrected chi connectivity index (χ0v) is 65.6. The Morgan fingerprint density at radius 1 is 0.380 bits per heavy atom. The fraction of sp³-hybridized carbons (Fsp3) is 0.0556. The van der Waals surface area contributed by atoms with Crippen LogP contribution in [-0.2, 0) is 80.4 Å². The van der Waals surface area contributed by atoms with Crippen LogP contribution >= 0.6 is 0 Å². The molecule has 0 saturated heterocycles. The van der Waals surface area contributed by atoms with Crippen LogP contribution in [0.5, 0.6) is 0 Å². The van der Waals surface area contributed by atoms with E-state index in [0.717, 1.165) is 58.4 Å². The Hall–Kier alpha value is -12.4. The van der Waals surface area contributed by atoms with E-state index in [-0.39, 0.29) is 115 Å². The first-order chi connectivity index (χ1) is 50.7. The van der Waals surface area contributed by atoms with E-state index < -0.39 is 40.7 Å². The molecule has 0 atom stereocenters. The number of pyridine rings is 5. The fourth-order valence-corrected chi connectivity index (χ4v) is 7.68. The van der Waals surface area contributed by atoms with Crippen LogP contribution in [0.1, 0.15) is 5.56 Å². The molecule has 26 nitrogen and oxygen atoms in total. The summed E-state index contributed by atoms with van der Waals surface area (Å²) < 4.78 is 91.2. The van der Waals surface area contributed by atoms with Crippen molar-refractivity contribution in [2.75, 3.05) is 28.2 Å². The number of hydrogen-bond acceptors (Lipinski definition) is 18. The smallest absolute Gasteiger partial charge is 0.386 e. The standard InChI is InChI=1S/C11H4F2N3.C10H5F2N2.C10H7N2.C9H4F2N3.4C8H7N4.4Ir/c12-9-3-2-7(10(13)8(9)6-14)11-15-4-1-5-16-11;11-7-2-3-8(9(12)6-7)10-13-4-1-5-14-10;1-2-5-9(6-3-1)10-11-7-4-8-12-10;10-7-3-2-6(8(11)14-7)9-12-4-1-5-13-9;4*1-11-6-10-12(7-11)8-3-2-4-9-5-8;;;;/h1,3-5H;1-2,4-6H;1-5,7-8H;1,3-5H;4*2,4-6H,1H3;;;;/q4*-1;4*+1;;;;. The van der Waals surface area contributed by atoms with Crippen molar-refractivity contribution in [1.82, 2.24) is 64.8 Å². The summed E-state index contributed by atoms with van der Waals surface area (Å²) in [6.07, 6.45) is 32.3. The van der Waals surface area contributed by atoms with E-state index in [1.165, 1.54) is 43.3 Å². The van der Waals surface area contributed by atoms with Gasteiger partial charge in [-0.1, -0.05) is 53.6 Å². The molecule has 544 valence electrons. The Balaban J connectivity index is 0.000000220. The third kappa shape index (κ3) is 26.9. The monoisotopic (exact) mass is 2160 g/mol. The molecule has 36 heteroatoms. The maximum Gasteiger partial charge on any atom is 0.420 e. The quantitative estimate of drug-likeness (QED) is 0.0595. The van der Waals surface area contributed by atoms with Gasteiger partial charge in [0.15, 0.2) is 0 Å². The summed E-state index contributed by atoms with van der Waals surface area (Å²) in [7, 11) is 7.44. The minimum Gasteiger partial charge on any atom is -0.386 e. The Morgan fingerprint density at radius 3 is 1.06 bits per heavy atom. The van der Waals surface area contributed by atoms with Gasteiger partial charge >= 0.3 is 49.4 Å². The predicted octanol–water partition coefficient (Wildman–Crippen LogP) is 9.06. The summed E-state index contributed by atoms with van der Waals surface area (Å²) in [6, 6.07) is 60.3. The number of halogens is 6. The van der Waals surface area contributed by atoms with E-state index in [9.17, 15) is 26.3 Å². The topological polar surface area (TPSA) is 265 Å². The van der Waals surface area contributed by atoms with Gasteiger partial charge in [-0.2, -0.15) is 29.5 Å². The molecule has 12 aromatic rings. The van der Waals surface area contributed by atoms with E-state index in [0.29, 0.717) is 0 Å². The summed E-state index contributed by atoms with van der Waals surface area (Å²) in [5.74, 6) is -4.07. The maximum atomic E-state index is 13.6. The van der Waals surface area contributed by atoms with E-state index in [2.05, 4.69) is 158 Å². The molecule has 16 rings (SSSR count). The van der Waals surface area contributed by atoms with Crippen molar-refractivity contribution in [2.24, 2.45) is 20.4 Å². The molecular weight excluding hydrogens is 2110 g/mol. The van der Waals surface area contributed by atoms with Crippen molar-refractivity contribution >= 4 is 72.1 Å². The number of hydrazone groups is 4.